The van der Waals surface area contributed by atoms with Gasteiger partial charge in [0, 0.05) is 71.9 Å². The van der Waals surface area contributed by atoms with Gasteiger partial charge in [-0.1, -0.05) is 325 Å². The molecule has 0 aliphatic carbocycles. The summed E-state index contributed by atoms with van der Waals surface area (Å²) in [5.74, 6) is 44.7. The minimum absolute atomic E-state index is 0.867. The Balaban J connectivity index is 1.24. The fourth-order valence-corrected chi connectivity index (χ4v) is 12.9. The molecule has 0 bridgehead atoms. The predicted molar refractivity (Wildman–Crippen MR) is 396 cm³/mol. The Bertz CT molecular complexity index is 4030. The molecule has 0 amide bonds. The summed E-state index contributed by atoms with van der Waals surface area (Å²) < 4.78 is 0. The quantitative estimate of drug-likeness (QED) is 0.0288. The lowest BCUT2D eigenvalue weighted by molar-refractivity contribution is 0.679. The van der Waals surface area contributed by atoms with Gasteiger partial charge in [-0.05, 0) is 150 Å². The van der Waals surface area contributed by atoms with Gasteiger partial charge in [0.15, 0.2) is 0 Å². The van der Waals surface area contributed by atoms with Gasteiger partial charge in [0.1, 0.15) is 0 Å². The number of hydrogen-bond acceptors (Lipinski definition) is 0. The van der Waals surface area contributed by atoms with E-state index in [1.54, 1.807) is 0 Å². The van der Waals surface area contributed by atoms with Crippen LogP contribution in [0.4, 0.5) is 0 Å². The lowest BCUT2D eigenvalue weighted by Gasteiger charge is -2.16. The van der Waals surface area contributed by atoms with Crippen molar-refractivity contribution in [1.82, 2.24) is 0 Å². The topological polar surface area (TPSA) is 0 Å². The van der Waals surface area contributed by atoms with Crippen molar-refractivity contribution in [3.05, 3.63) is 155 Å². The molecule has 458 valence electrons. The van der Waals surface area contributed by atoms with Crippen LogP contribution in [0.3, 0.4) is 0 Å². The van der Waals surface area contributed by atoms with Crippen molar-refractivity contribution < 1.29 is 0 Å². The largest absolute Gasteiger partial charge is 0.0978 e. The zero-order valence-electron chi connectivity index (χ0n) is 55.8. The molecular weight excluding hydrogens is 1080 g/mol. The van der Waals surface area contributed by atoms with Gasteiger partial charge in [0.05, 0.1) is 0 Å². The molecule has 0 aromatic heterocycles. The Hall–Kier alpha value is -8.10. The highest BCUT2D eigenvalue weighted by atomic mass is 14.2. The third-order valence-corrected chi connectivity index (χ3v) is 18.0. The Morgan fingerprint density at radius 2 is 0.367 bits per heavy atom. The van der Waals surface area contributed by atoms with Gasteiger partial charge < -0.3 is 0 Å². The van der Waals surface area contributed by atoms with Gasteiger partial charge in [-0.15, -0.1) is 0 Å². The van der Waals surface area contributed by atoms with E-state index in [1.165, 1.54) is 159 Å². The molecule has 0 radical (unpaired) electrons. The van der Waals surface area contributed by atoms with Crippen LogP contribution < -0.4 is 0 Å². The Morgan fingerprint density at radius 3 is 0.556 bits per heavy atom. The summed E-state index contributed by atoms with van der Waals surface area (Å²) in [6, 6.07) is 45.9. The molecule has 0 aliphatic rings. The van der Waals surface area contributed by atoms with Crippen LogP contribution in [0, 0.1) is 71.0 Å². The maximum Gasteiger partial charge on any atom is 0.0403 e. The molecule has 0 N–H and O–H groups in total. The SMILES string of the molecule is CCCCCCC#Cc1c2ccccc2c(C#CCCCCCC)c2cc(-c3ccc4c(C#CCCCCCC)c5cc(-c6ccc7c(C#CCCCCCC)c8ccccc8c(C#CCCCCCC)c7c6)ccc5c(C#CCCCCCC)c4c3)ccc12. The standard InChI is InChI=1S/C90H98/c1-7-13-19-25-31-37-47-77-73-53-43-45-55-75(73)79(49-39-33-27-21-15-9-3)87-65-69(57-61-83(77)87)71-59-63-85-82(52-42-36-30-24-18-12-6)90-68-72(60-64-86(90)81(89(85)67-71)51-41-35-29-23-17-11-5)70-58-62-84-78(48-38-32-26-20-14-8-2)74-54-44-46-56-76(74)80(88(84)66-70)50-40-34-28-22-16-10-4/h43-46,53-68H,7-36H2,1-6H3. The molecule has 9 aromatic carbocycles. The van der Waals surface area contributed by atoms with Crippen LogP contribution in [0.15, 0.2) is 121 Å². The third kappa shape index (κ3) is 17.2. The van der Waals surface area contributed by atoms with E-state index >= 15 is 0 Å². The Labute approximate surface area is 543 Å². The molecule has 0 heterocycles. The molecule has 0 spiro atoms. The first kappa shape index (κ1) is 66.3. The van der Waals surface area contributed by atoms with Gasteiger partial charge in [0.2, 0.25) is 0 Å². The minimum Gasteiger partial charge on any atom is -0.0978 e. The number of rotatable bonds is 26. The molecule has 0 unspecified atom stereocenters. The fourth-order valence-electron chi connectivity index (χ4n) is 12.9. The number of hydrogen-bond donors (Lipinski definition) is 0. The highest BCUT2D eigenvalue weighted by molar-refractivity contribution is 6.14. The summed E-state index contributed by atoms with van der Waals surface area (Å²) in [7, 11) is 0. The molecule has 9 aromatic rings. The molecule has 90 heavy (non-hydrogen) atoms. The zero-order chi connectivity index (χ0) is 62.5. The van der Waals surface area contributed by atoms with E-state index in [2.05, 4.69) is 234 Å². The molecule has 0 saturated heterocycles. The van der Waals surface area contributed by atoms with Crippen LogP contribution in [0.25, 0.3) is 86.9 Å². The van der Waals surface area contributed by atoms with Crippen molar-refractivity contribution in [2.45, 2.75) is 234 Å². The molecule has 9 rings (SSSR count). The predicted octanol–water partition coefficient (Wildman–Crippen LogP) is 25.9. The van der Waals surface area contributed by atoms with Crippen LogP contribution in [-0.4, -0.2) is 0 Å². The first-order valence-corrected chi connectivity index (χ1v) is 35.5. The average Bonchev–Trinajstić information content (AvgIpc) is 0.778. The van der Waals surface area contributed by atoms with Crippen molar-refractivity contribution in [3.63, 3.8) is 0 Å². The van der Waals surface area contributed by atoms with Crippen molar-refractivity contribution in [1.29, 1.82) is 0 Å². The van der Waals surface area contributed by atoms with Gasteiger partial charge in [-0.2, -0.15) is 0 Å². The van der Waals surface area contributed by atoms with Gasteiger partial charge in [-0.3, -0.25) is 0 Å². The van der Waals surface area contributed by atoms with Gasteiger partial charge in [-0.25, -0.2) is 0 Å². The van der Waals surface area contributed by atoms with E-state index in [-0.39, 0.29) is 0 Å². The number of unbranched alkanes of at least 4 members (excludes halogenated alkanes) is 24. The fraction of sp³-hybridized carbons (Fsp3) is 0.400. The first-order valence-electron chi connectivity index (χ1n) is 35.5. The summed E-state index contributed by atoms with van der Waals surface area (Å²) in [6.45, 7) is 13.7. The maximum atomic E-state index is 3.87. The third-order valence-electron chi connectivity index (χ3n) is 18.0. The first-order chi connectivity index (χ1) is 44.5. The van der Waals surface area contributed by atoms with Crippen molar-refractivity contribution in [3.8, 4) is 93.3 Å². The van der Waals surface area contributed by atoms with E-state index in [1.807, 2.05) is 0 Å². The summed E-state index contributed by atoms with van der Waals surface area (Å²) in [5, 5.41) is 14.0. The maximum absolute atomic E-state index is 3.87. The summed E-state index contributed by atoms with van der Waals surface area (Å²) >= 11 is 0. The highest BCUT2D eigenvalue weighted by Gasteiger charge is 2.19. The molecular formula is C90H98. The monoisotopic (exact) mass is 1180 g/mol. The highest BCUT2D eigenvalue weighted by Crippen LogP contribution is 2.41. The summed E-state index contributed by atoms with van der Waals surface area (Å²) in [4.78, 5) is 0. The van der Waals surface area contributed by atoms with E-state index < -0.39 is 0 Å². The van der Waals surface area contributed by atoms with Crippen LogP contribution in [0.5, 0.6) is 0 Å². The van der Waals surface area contributed by atoms with E-state index in [0.717, 1.165) is 154 Å². The smallest absolute Gasteiger partial charge is 0.0403 e. The molecule has 0 atom stereocenters. The van der Waals surface area contributed by atoms with Crippen LogP contribution >= 0.6 is 0 Å². The van der Waals surface area contributed by atoms with E-state index in [4.69, 9.17) is 0 Å². The second kappa shape index (κ2) is 35.9. The van der Waals surface area contributed by atoms with Crippen molar-refractivity contribution in [2.75, 3.05) is 0 Å². The van der Waals surface area contributed by atoms with Gasteiger partial charge in [0.25, 0.3) is 0 Å². The Kier molecular flexibility index (Phi) is 26.5. The van der Waals surface area contributed by atoms with E-state index in [0.29, 0.717) is 0 Å². The lowest BCUT2D eigenvalue weighted by atomic mass is 9.86. The average molecular weight is 1180 g/mol. The van der Waals surface area contributed by atoms with Crippen LogP contribution in [0.2, 0.25) is 0 Å². The minimum atomic E-state index is 0.867. The van der Waals surface area contributed by atoms with Gasteiger partial charge >= 0.3 is 0 Å². The molecule has 0 heteroatoms. The molecule has 0 saturated carbocycles. The second-order valence-corrected chi connectivity index (χ2v) is 25.1. The second-order valence-electron chi connectivity index (χ2n) is 25.1. The Morgan fingerprint density at radius 1 is 0.189 bits per heavy atom. The van der Waals surface area contributed by atoms with Crippen LogP contribution in [0.1, 0.15) is 268 Å². The lowest BCUT2D eigenvalue weighted by Crippen LogP contribution is -1.94. The molecule has 0 aliphatic heterocycles. The van der Waals surface area contributed by atoms with Crippen molar-refractivity contribution in [2.24, 2.45) is 0 Å². The molecule has 0 fully saturated rings. The zero-order valence-corrected chi connectivity index (χ0v) is 55.8. The van der Waals surface area contributed by atoms with Crippen LogP contribution in [-0.2, 0) is 0 Å². The summed E-state index contributed by atoms with van der Waals surface area (Å²) in [5.41, 5.74) is 11.2. The summed E-state index contributed by atoms with van der Waals surface area (Å²) in [6.07, 6.45) is 34.1. The normalized spacial score (nSPS) is 10.9. The number of benzene rings is 9. The molecule has 0 nitrogen and oxygen atoms in total. The van der Waals surface area contributed by atoms with Crippen molar-refractivity contribution >= 4 is 64.6 Å². The van der Waals surface area contributed by atoms with E-state index in [9.17, 15) is 0 Å². The number of fused-ring (bicyclic) bond motifs is 6.